The minimum atomic E-state index is -0.790. The van der Waals surface area contributed by atoms with Crippen LogP contribution < -0.4 is 0 Å². The molecule has 3 atom stereocenters. The van der Waals surface area contributed by atoms with Crippen molar-refractivity contribution in [3.63, 3.8) is 0 Å². The van der Waals surface area contributed by atoms with Crippen LogP contribution in [0.3, 0.4) is 0 Å². The highest BCUT2D eigenvalue weighted by atomic mass is 32.1. The third-order valence-electron chi connectivity index (χ3n) is 4.34. The van der Waals surface area contributed by atoms with Crippen LogP contribution in [0.25, 0.3) is 0 Å². The van der Waals surface area contributed by atoms with Crippen LogP contribution in [-0.4, -0.2) is 43.6 Å². The number of carboxylic acids is 1. The van der Waals surface area contributed by atoms with Gasteiger partial charge in [-0.3, -0.25) is 9.59 Å². The van der Waals surface area contributed by atoms with E-state index in [1.165, 1.54) is 0 Å². The Morgan fingerprint density at radius 3 is 2.75 bits per heavy atom. The molecule has 1 N–H and O–H groups in total. The Balaban J connectivity index is 1.88. The van der Waals surface area contributed by atoms with Crippen LogP contribution in [0.15, 0.2) is 0 Å². The van der Waals surface area contributed by atoms with Crippen LogP contribution in [0.4, 0.5) is 0 Å². The first-order chi connectivity index (χ1) is 9.50. The molecule has 2 aliphatic rings. The summed E-state index contributed by atoms with van der Waals surface area (Å²) in [6.45, 7) is 3.96. The average molecular weight is 295 g/mol. The number of carboxylic acid groups (broad SMARTS) is 1. The maximum absolute atomic E-state index is 12.7. The Labute approximate surface area is 121 Å². The molecule has 2 aliphatic heterocycles. The third kappa shape index (κ3) is 1.91. The molecule has 2 fully saturated rings. The van der Waals surface area contributed by atoms with E-state index in [0.29, 0.717) is 11.3 Å². The van der Waals surface area contributed by atoms with Gasteiger partial charge in [0.05, 0.1) is 11.6 Å². The summed E-state index contributed by atoms with van der Waals surface area (Å²) in [7, 11) is 0. The van der Waals surface area contributed by atoms with Crippen LogP contribution in [-0.2, 0) is 4.79 Å². The molecule has 0 saturated carbocycles. The van der Waals surface area contributed by atoms with Crippen LogP contribution >= 0.6 is 11.5 Å². The zero-order valence-corrected chi connectivity index (χ0v) is 12.3. The number of aromatic nitrogens is 2. The van der Waals surface area contributed by atoms with Gasteiger partial charge in [0, 0.05) is 12.1 Å². The first-order valence-electron chi connectivity index (χ1n) is 6.88. The number of amides is 1. The lowest BCUT2D eigenvalue weighted by Crippen LogP contribution is -2.38. The number of fused-ring (bicyclic) bond motifs is 2. The lowest BCUT2D eigenvalue weighted by molar-refractivity contribution is -0.142. The summed E-state index contributed by atoms with van der Waals surface area (Å²) in [4.78, 5) is 26.3. The number of hydrogen-bond acceptors (Lipinski definition) is 5. The molecule has 0 spiro atoms. The molecule has 20 heavy (non-hydrogen) atoms. The second kappa shape index (κ2) is 4.80. The Bertz CT molecular complexity index is 557. The molecular weight excluding hydrogens is 278 g/mol. The fraction of sp³-hybridized carbons (Fsp3) is 0.692. The van der Waals surface area contributed by atoms with Gasteiger partial charge in [-0.05, 0) is 36.7 Å². The molecule has 3 rings (SSSR count). The lowest BCUT2D eigenvalue weighted by Gasteiger charge is -2.22. The highest BCUT2D eigenvalue weighted by Gasteiger charge is 2.52. The molecule has 3 heterocycles. The van der Waals surface area contributed by atoms with Gasteiger partial charge in [-0.15, -0.1) is 5.10 Å². The highest BCUT2D eigenvalue weighted by Crippen LogP contribution is 2.43. The summed E-state index contributed by atoms with van der Waals surface area (Å²) in [5.41, 5.74) is 0.721. The zero-order chi connectivity index (χ0) is 14.4. The summed E-state index contributed by atoms with van der Waals surface area (Å²) >= 11 is 1.11. The number of carbonyl (C=O) groups is 2. The molecule has 0 aliphatic carbocycles. The van der Waals surface area contributed by atoms with Crippen molar-refractivity contribution < 1.29 is 14.7 Å². The van der Waals surface area contributed by atoms with E-state index in [0.717, 1.165) is 30.1 Å². The van der Waals surface area contributed by atoms with E-state index < -0.39 is 11.9 Å². The second-order valence-electron chi connectivity index (χ2n) is 5.83. The molecule has 0 aromatic carbocycles. The maximum Gasteiger partial charge on any atom is 0.308 e. The topological polar surface area (TPSA) is 83.4 Å². The maximum atomic E-state index is 12.7. The largest absolute Gasteiger partial charge is 0.481 e. The minimum absolute atomic E-state index is 0.0655. The van der Waals surface area contributed by atoms with Crippen molar-refractivity contribution in [3.05, 3.63) is 10.6 Å². The molecule has 1 aromatic rings. The van der Waals surface area contributed by atoms with Crippen molar-refractivity contribution >= 4 is 23.4 Å². The van der Waals surface area contributed by atoms with Gasteiger partial charge in [0.15, 0.2) is 0 Å². The molecule has 7 heteroatoms. The Kier molecular flexibility index (Phi) is 3.24. The van der Waals surface area contributed by atoms with Crippen LogP contribution in [0.5, 0.6) is 0 Å². The van der Waals surface area contributed by atoms with E-state index in [9.17, 15) is 14.7 Å². The van der Waals surface area contributed by atoms with Crippen molar-refractivity contribution in [2.24, 2.45) is 5.92 Å². The van der Waals surface area contributed by atoms with Crippen molar-refractivity contribution in [1.29, 1.82) is 0 Å². The molecule has 3 unspecified atom stereocenters. The summed E-state index contributed by atoms with van der Waals surface area (Å²) < 4.78 is 3.89. The predicted octanol–water partition coefficient (Wildman–Crippen LogP) is 1.74. The molecule has 1 amide bonds. The summed E-state index contributed by atoms with van der Waals surface area (Å²) in [5, 5.41) is 13.3. The summed E-state index contributed by atoms with van der Waals surface area (Å²) in [6, 6.07) is -0.0946. The number of carbonyl (C=O) groups excluding carboxylic acids is 1. The van der Waals surface area contributed by atoms with Gasteiger partial charge in [-0.1, -0.05) is 18.3 Å². The van der Waals surface area contributed by atoms with Gasteiger partial charge in [0.25, 0.3) is 5.91 Å². The normalized spacial score (nSPS) is 28.4. The predicted molar refractivity (Wildman–Crippen MR) is 72.7 cm³/mol. The zero-order valence-electron chi connectivity index (χ0n) is 11.4. The van der Waals surface area contributed by atoms with Gasteiger partial charge in [0.1, 0.15) is 4.88 Å². The molecular formula is C13H17N3O3S. The van der Waals surface area contributed by atoms with Crippen LogP contribution in [0.2, 0.25) is 0 Å². The SMILES string of the molecule is CC(C)c1nnsc1C(=O)N1C2CCC1C(C(=O)O)C2. The van der Waals surface area contributed by atoms with Crippen LogP contribution in [0.1, 0.15) is 54.4 Å². The summed E-state index contributed by atoms with van der Waals surface area (Å²) in [6.07, 6.45) is 2.27. The van der Waals surface area contributed by atoms with E-state index in [4.69, 9.17) is 0 Å². The fourth-order valence-corrected chi connectivity index (χ4v) is 4.18. The standard InChI is InChI=1S/C13H17N3O3S/c1-6(2)10-11(20-15-14-10)12(17)16-7-3-4-9(16)8(5-7)13(18)19/h6-9H,3-5H2,1-2H3,(H,18,19). The Morgan fingerprint density at radius 2 is 2.15 bits per heavy atom. The van der Waals surface area contributed by atoms with Gasteiger partial charge in [0.2, 0.25) is 0 Å². The van der Waals surface area contributed by atoms with Gasteiger partial charge >= 0.3 is 5.97 Å². The van der Waals surface area contributed by atoms with E-state index in [1.807, 2.05) is 13.8 Å². The second-order valence-corrected chi connectivity index (χ2v) is 6.59. The lowest BCUT2D eigenvalue weighted by atomic mass is 9.89. The molecule has 0 radical (unpaired) electrons. The quantitative estimate of drug-likeness (QED) is 0.918. The molecule has 1 aromatic heterocycles. The molecule has 2 saturated heterocycles. The number of nitrogens with zero attached hydrogens (tertiary/aromatic N) is 3. The average Bonchev–Trinajstić information content (AvgIpc) is 3.11. The van der Waals surface area contributed by atoms with Gasteiger partial charge in [-0.2, -0.15) is 0 Å². The minimum Gasteiger partial charge on any atom is -0.481 e. The molecule has 2 bridgehead atoms. The van der Waals surface area contributed by atoms with Crippen molar-refractivity contribution in [2.45, 2.75) is 51.1 Å². The Hall–Kier alpha value is -1.50. The monoisotopic (exact) mass is 295 g/mol. The Morgan fingerprint density at radius 1 is 1.40 bits per heavy atom. The van der Waals surface area contributed by atoms with Crippen molar-refractivity contribution in [1.82, 2.24) is 14.5 Å². The van der Waals surface area contributed by atoms with Gasteiger partial charge < -0.3 is 10.0 Å². The molecule has 108 valence electrons. The van der Waals surface area contributed by atoms with E-state index in [2.05, 4.69) is 9.59 Å². The number of rotatable bonds is 3. The van der Waals surface area contributed by atoms with Gasteiger partial charge in [-0.25, -0.2) is 0 Å². The number of aliphatic carboxylic acids is 1. The fourth-order valence-electron chi connectivity index (χ4n) is 3.41. The highest BCUT2D eigenvalue weighted by molar-refractivity contribution is 7.08. The summed E-state index contributed by atoms with van der Waals surface area (Å²) in [5.74, 6) is -1.15. The smallest absolute Gasteiger partial charge is 0.308 e. The first-order valence-corrected chi connectivity index (χ1v) is 7.65. The first kappa shape index (κ1) is 13.5. The van der Waals surface area contributed by atoms with E-state index in [1.54, 1.807) is 4.90 Å². The van der Waals surface area contributed by atoms with E-state index in [-0.39, 0.29) is 23.9 Å². The third-order valence-corrected chi connectivity index (χ3v) is 5.07. The number of hydrogen-bond donors (Lipinski definition) is 1. The van der Waals surface area contributed by atoms with Crippen LogP contribution in [0, 0.1) is 5.92 Å². The molecule has 6 nitrogen and oxygen atoms in total. The van der Waals surface area contributed by atoms with Crippen molar-refractivity contribution in [2.75, 3.05) is 0 Å². The van der Waals surface area contributed by atoms with E-state index >= 15 is 0 Å². The van der Waals surface area contributed by atoms with Crippen molar-refractivity contribution in [3.8, 4) is 0 Å².